The topological polar surface area (TPSA) is 55.1 Å². The van der Waals surface area contributed by atoms with Crippen molar-refractivity contribution in [1.29, 1.82) is 0 Å². The lowest BCUT2D eigenvalue weighted by Gasteiger charge is -2.06. The molecule has 0 atom stereocenters. The summed E-state index contributed by atoms with van der Waals surface area (Å²) in [6.45, 7) is 0.613. The van der Waals surface area contributed by atoms with E-state index in [0.29, 0.717) is 12.1 Å². The highest BCUT2D eigenvalue weighted by Gasteiger charge is 2.09. The SMILES string of the molecule is Nc1cc(C(=O)NCCC2=CCCC2)ccc1F. The number of hydrogen-bond acceptors (Lipinski definition) is 2. The minimum absolute atomic E-state index is 0.00107. The minimum atomic E-state index is -0.498. The van der Waals surface area contributed by atoms with Gasteiger partial charge in [0, 0.05) is 12.1 Å². The molecular formula is C14H17FN2O. The highest BCUT2D eigenvalue weighted by Crippen LogP contribution is 2.19. The van der Waals surface area contributed by atoms with Crippen LogP contribution in [-0.2, 0) is 0 Å². The van der Waals surface area contributed by atoms with Gasteiger partial charge < -0.3 is 11.1 Å². The van der Waals surface area contributed by atoms with Gasteiger partial charge in [0.25, 0.3) is 5.91 Å². The first-order valence-corrected chi connectivity index (χ1v) is 6.18. The first-order valence-electron chi connectivity index (χ1n) is 6.18. The summed E-state index contributed by atoms with van der Waals surface area (Å²) in [4.78, 5) is 11.8. The zero-order chi connectivity index (χ0) is 13.0. The third-order valence-electron chi connectivity index (χ3n) is 3.12. The highest BCUT2D eigenvalue weighted by molar-refractivity contribution is 5.95. The Morgan fingerprint density at radius 3 is 2.94 bits per heavy atom. The summed E-state index contributed by atoms with van der Waals surface area (Å²) >= 11 is 0. The smallest absolute Gasteiger partial charge is 0.251 e. The normalized spacial score (nSPS) is 14.4. The number of nitrogens with two attached hydrogens (primary N) is 1. The van der Waals surface area contributed by atoms with Crippen LogP contribution in [0.2, 0.25) is 0 Å². The van der Waals surface area contributed by atoms with Crippen molar-refractivity contribution < 1.29 is 9.18 Å². The summed E-state index contributed by atoms with van der Waals surface area (Å²) < 4.78 is 13.0. The van der Waals surface area contributed by atoms with Gasteiger partial charge in [0.05, 0.1) is 5.69 Å². The molecule has 0 unspecified atom stereocenters. The van der Waals surface area contributed by atoms with Crippen molar-refractivity contribution in [1.82, 2.24) is 5.32 Å². The van der Waals surface area contributed by atoms with Crippen molar-refractivity contribution in [3.63, 3.8) is 0 Å². The monoisotopic (exact) mass is 248 g/mol. The molecule has 0 aliphatic heterocycles. The summed E-state index contributed by atoms with van der Waals surface area (Å²) in [6, 6.07) is 4.01. The van der Waals surface area contributed by atoms with Crippen LogP contribution in [0.3, 0.4) is 0 Å². The Kier molecular flexibility index (Phi) is 3.97. The first kappa shape index (κ1) is 12.6. The molecule has 1 aliphatic carbocycles. The van der Waals surface area contributed by atoms with Crippen molar-refractivity contribution in [2.75, 3.05) is 12.3 Å². The molecule has 4 heteroatoms. The van der Waals surface area contributed by atoms with Crippen LogP contribution in [0.5, 0.6) is 0 Å². The maximum Gasteiger partial charge on any atom is 0.251 e. The molecule has 0 heterocycles. The van der Waals surface area contributed by atoms with E-state index in [1.165, 1.54) is 30.2 Å². The molecule has 0 radical (unpaired) electrons. The van der Waals surface area contributed by atoms with Gasteiger partial charge in [-0.25, -0.2) is 4.39 Å². The van der Waals surface area contributed by atoms with Crippen LogP contribution in [0, 0.1) is 5.82 Å². The molecule has 0 saturated carbocycles. The van der Waals surface area contributed by atoms with Crippen LogP contribution < -0.4 is 11.1 Å². The van der Waals surface area contributed by atoms with Crippen molar-refractivity contribution >= 4 is 11.6 Å². The van der Waals surface area contributed by atoms with Crippen LogP contribution in [0.1, 0.15) is 36.0 Å². The Balaban J connectivity index is 1.85. The average Bonchev–Trinajstić information content (AvgIpc) is 2.85. The van der Waals surface area contributed by atoms with Gasteiger partial charge in [0.2, 0.25) is 0 Å². The standard InChI is InChI=1S/C14H17FN2O/c15-12-6-5-11(9-13(12)16)14(18)17-8-7-10-3-1-2-4-10/h3,5-6,9H,1-2,4,7-8,16H2,(H,17,18). The fraction of sp³-hybridized carbons (Fsp3) is 0.357. The van der Waals surface area contributed by atoms with Crippen LogP contribution in [-0.4, -0.2) is 12.5 Å². The lowest BCUT2D eigenvalue weighted by Crippen LogP contribution is -2.24. The summed E-state index contributed by atoms with van der Waals surface area (Å²) in [5, 5.41) is 2.81. The van der Waals surface area contributed by atoms with E-state index in [-0.39, 0.29) is 11.6 Å². The molecule has 1 aromatic carbocycles. The second-order valence-electron chi connectivity index (χ2n) is 4.50. The molecule has 0 fully saturated rings. The molecule has 2 rings (SSSR count). The van der Waals surface area contributed by atoms with Crippen LogP contribution in [0.25, 0.3) is 0 Å². The van der Waals surface area contributed by atoms with E-state index < -0.39 is 5.82 Å². The van der Waals surface area contributed by atoms with Gasteiger partial charge in [-0.15, -0.1) is 0 Å². The maximum atomic E-state index is 13.0. The predicted molar refractivity (Wildman–Crippen MR) is 69.7 cm³/mol. The molecule has 0 aromatic heterocycles. The van der Waals surface area contributed by atoms with Gasteiger partial charge in [-0.05, 0) is 43.9 Å². The number of carbonyl (C=O) groups excluding carboxylic acids is 1. The lowest BCUT2D eigenvalue weighted by molar-refractivity contribution is 0.0954. The quantitative estimate of drug-likeness (QED) is 0.635. The molecule has 18 heavy (non-hydrogen) atoms. The fourth-order valence-corrected chi connectivity index (χ4v) is 2.09. The summed E-state index contributed by atoms with van der Waals surface area (Å²) in [7, 11) is 0. The number of nitrogen functional groups attached to an aromatic ring is 1. The number of halogens is 1. The number of rotatable bonds is 4. The van der Waals surface area contributed by atoms with E-state index in [1.807, 2.05) is 0 Å². The summed E-state index contributed by atoms with van der Waals surface area (Å²) in [5.41, 5.74) is 7.23. The Labute approximate surface area is 106 Å². The van der Waals surface area contributed by atoms with Crippen molar-refractivity contribution in [2.24, 2.45) is 0 Å². The Morgan fingerprint density at radius 1 is 1.44 bits per heavy atom. The molecule has 1 aliphatic rings. The molecule has 0 spiro atoms. The van der Waals surface area contributed by atoms with Crippen molar-refractivity contribution in [3.05, 3.63) is 41.2 Å². The molecule has 3 nitrogen and oxygen atoms in total. The first-order chi connectivity index (χ1) is 8.66. The molecule has 3 N–H and O–H groups in total. The zero-order valence-corrected chi connectivity index (χ0v) is 10.2. The van der Waals surface area contributed by atoms with Crippen molar-refractivity contribution in [3.8, 4) is 0 Å². The van der Waals surface area contributed by atoms with E-state index in [1.54, 1.807) is 0 Å². The Morgan fingerprint density at radius 2 is 2.28 bits per heavy atom. The number of allylic oxidation sites excluding steroid dienone is 1. The number of carbonyl (C=O) groups is 1. The second-order valence-corrected chi connectivity index (χ2v) is 4.50. The summed E-state index contributed by atoms with van der Waals surface area (Å²) in [5.74, 6) is -0.706. The van der Waals surface area contributed by atoms with E-state index in [0.717, 1.165) is 19.3 Å². The molecular weight excluding hydrogens is 231 g/mol. The van der Waals surface area contributed by atoms with Gasteiger partial charge in [-0.2, -0.15) is 0 Å². The molecule has 1 amide bonds. The van der Waals surface area contributed by atoms with E-state index >= 15 is 0 Å². The maximum absolute atomic E-state index is 13.0. The lowest BCUT2D eigenvalue weighted by atomic mass is 10.1. The van der Waals surface area contributed by atoms with E-state index in [9.17, 15) is 9.18 Å². The number of amides is 1. The van der Waals surface area contributed by atoms with Crippen LogP contribution in [0.15, 0.2) is 29.8 Å². The van der Waals surface area contributed by atoms with Crippen LogP contribution in [0.4, 0.5) is 10.1 Å². The Bertz CT molecular complexity index is 483. The van der Waals surface area contributed by atoms with Gasteiger partial charge in [-0.3, -0.25) is 4.79 Å². The number of nitrogens with one attached hydrogen (secondary N) is 1. The molecule has 0 saturated heterocycles. The van der Waals surface area contributed by atoms with Gasteiger partial charge >= 0.3 is 0 Å². The van der Waals surface area contributed by atoms with Gasteiger partial charge in [0.1, 0.15) is 5.82 Å². The minimum Gasteiger partial charge on any atom is -0.396 e. The largest absolute Gasteiger partial charge is 0.396 e. The summed E-state index contributed by atoms with van der Waals surface area (Å²) in [6.07, 6.45) is 6.64. The predicted octanol–water partition coefficient (Wildman–Crippen LogP) is 2.64. The second kappa shape index (κ2) is 5.67. The Hall–Kier alpha value is -1.84. The molecule has 0 bridgehead atoms. The third kappa shape index (κ3) is 3.09. The van der Waals surface area contributed by atoms with Gasteiger partial charge in [-0.1, -0.05) is 11.6 Å². The number of anilines is 1. The zero-order valence-electron chi connectivity index (χ0n) is 10.2. The molecule has 96 valence electrons. The highest BCUT2D eigenvalue weighted by atomic mass is 19.1. The van der Waals surface area contributed by atoms with E-state index in [4.69, 9.17) is 5.73 Å². The molecule has 1 aromatic rings. The van der Waals surface area contributed by atoms with Crippen LogP contribution >= 0.6 is 0 Å². The average molecular weight is 248 g/mol. The van der Waals surface area contributed by atoms with Gasteiger partial charge in [0.15, 0.2) is 0 Å². The van der Waals surface area contributed by atoms with E-state index in [2.05, 4.69) is 11.4 Å². The number of hydrogen-bond donors (Lipinski definition) is 2. The fourth-order valence-electron chi connectivity index (χ4n) is 2.09. The van der Waals surface area contributed by atoms with Crippen molar-refractivity contribution in [2.45, 2.75) is 25.7 Å². The number of benzene rings is 1. The third-order valence-corrected chi connectivity index (χ3v) is 3.12.